The number of hydrogen-bond acceptors (Lipinski definition) is 2. The molecule has 2 nitrogen and oxygen atoms in total. The van der Waals surface area contributed by atoms with Crippen LogP contribution in [0.4, 0.5) is 0 Å². The molecule has 0 aliphatic carbocycles. The molecule has 0 spiro atoms. The van der Waals surface area contributed by atoms with E-state index in [9.17, 15) is 0 Å². The van der Waals surface area contributed by atoms with Gasteiger partial charge >= 0.3 is 0 Å². The summed E-state index contributed by atoms with van der Waals surface area (Å²) in [4.78, 5) is 4.68. The monoisotopic (exact) mass is 88.1 g/mol. The zero-order chi connectivity index (χ0) is 4.83. The first-order valence-corrected chi connectivity index (χ1v) is 2.07. The highest BCUT2D eigenvalue weighted by Gasteiger charge is 1.70. The lowest BCUT2D eigenvalue weighted by Gasteiger charge is -1.93. The fourth-order valence-electron chi connectivity index (χ4n) is 0.167. The Morgan fingerprint density at radius 3 is 2.67 bits per heavy atom. The summed E-state index contributed by atoms with van der Waals surface area (Å²) in [6.07, 6.45) is 0. The zero-order valence-corrected chi connectivity index (χ0v) is 4.19. The van der Waals surface area contributed by atoms with Gasteiger partial charge in [-0.15, -0.1) is 0 Å². The molecule has 0 unspecified atom stereocenters. The van der Waals surface area contributed by atoms with Crippen molar-refractivity contribution in [3.05, 3.63) is 6.54 Å². The smallest absolute Gasteiger partial charge is 0.0654 e. The van der Waals surface area contributed by atoms with Gasteiger partial charge in [-0.05, 0) is 13.8 Å². The molecular weight excluding hydrogens is 78.0 g/mol. The van der Waals surface area contributed by atoms with Crippen LogP contribution < -0.4 is 5.48 Å². The van der Waals surface area contributed by atoms with Crippen molar-refractivity contribution in [2.24, 2.45) is 0 Å². The second-order valence-electron chi connectivity index (χ2n) is 0.840. The molecule has 0 saturated carbocycles. The molecule has 0 fully saturated rings. The van der Waals surface area contributed by atoms with Crippen molar-refractivity contribution in [3.63, 3.8) is 0 Å². The van der Waals surface area contributed by atoms with E-state index >= 15 is 0 Å². The maximum atomic E-state index is 4.68. The minimum atomic E-state index is 0.713. The Balaban J connectivity index is 2.34. The third-order valence-corrected chi connectivity index (χ3v) is 0.346. The van der Waals surface area contributed by atoms with E-state index in [1.807, 2.05) is 13.8 Å². The van der Waals surface area contributed by atoms with Crippen LogP contribution in [-0.4, -0.2) is 6.61 Å². The number of hydrogen-bond donors (Lipinski definition) is 1. The number of nitrogens with one attached hydrogen (secondary N) is 1. The molecule has 0 bridgehead atoms. The lowest BCUT2D eigenvalue weighted by molar-refractivity contribution is 0.0709. The summed E-state index contributed by atoms with van der Waals surface area (Å²) < 4.78 is 0. The lowest BCUT2D eigenvalue weighted by atomic mass is 10.8. The standard InChI is InChI=1S/C4H10NO/c1-3-5-6-4-2/h3,5H,4H2,1-2H3. The van der Waals surface area contributed by atoms with Gasteiger partial charge in [0.05, 0.1) is 6.61 Å². The highest BCUT2D eigenvalue weighted by atomic mass is 16.6. The van der Waals surface area contributed by atoms with Gasteiger partial charge in [0.15, 0.2) is 0 Å². The van der Waals surface area contributed by atoms with E-state index in [-0.39, 0.29) is 0 Å². The van der Waals surface area contributed by atoms with Crippen LogP contribution in [0.25, 0.3) is 0 Å². The van der Waals surface area contributed by atoms with Crippen molar-refractivity contribution in [2.45, 2.75) is 13.8 Å². The Morgan fingerprint density at radius 2 is 2.50 bits per heavy atom. The molecule has 0 rings (SSSR count). The topological polar surface area (TPSA) is 21.3 Å². The molecule has 37 valence electrons. The van der Waals surface area contributed by atoms with E-state index in [1.165, 1.54) is 0 Å². The van der Waals surface area contributed by atoms with E-state index in [0.717, 1.165) is 0 Å². The molecule has 0 heterocycles. The van der Waals surface area contributed by atoms with Gasteiger partial charge in [0.25, 0.3) is 0 Å². The van der Waals surface area contributed by atoms with Gasteiger partial charge in [-0.1, -0.05) is 0 Å². The van der Waals surface area contributed by atoms with Crippen LogP contribution in [0.3, 0.4) is 0 Å². The average molecular weight is 88.1 g/mol. The van der Waals surface area contributed by atoms with Gasteiger partial charge in [-0.2, -0.15) is 5.48 Å². The van der Waals surface area contributed by atoms with E-state index in [4.69, 9.17) is 0 Å². The molecule has 0 aromatic carbocycles. The predicted octanol–water partition coefficient (Wildman–Crippen LogP) is 0.709. The van der Waals surface area contributed by atoms with E-state index < -0.39 is 0 Å². The lowest BCUT2D eigenvalue weighted by Crippen LogP contribution is -2.07. The quantitative estimate of drug-likeness (QED) is 0.405. The van der Waals surface area contributed by atoms with E-state index in [0.29, 0.717) is 6.61 Å². The summed E-state index contributed by atoms with van der Waals surface area (Å²) >= 11 is 0. The van der Waals surface area contributed by atoms with Crippen molar-refractivity contribution >= 4 is 0 Å². The Hall–Kier alpha value is -0.0800. The molecule has 1 N–H and O–H groups in total. The fourth-order valence-corrected chi connectivity index (χ4v) is 0.167. The van der Waals surface area contributed by atoms with Crippen molar-refractivity contribution in [3.8, 4) is 0 Å². The second-order valence-corrected chi connectivity index (χ2v) is 0.840. The summed E-state index contributed by atoms with van der Waals surface area (Å²) in [6.45, 7) is 6.25. The number of hydroxylamine groups is 1. The fraction of sp³-hybridized carbons (Fsp3) is 0.750. The molecule has 0 aromatic rings. The summed E-state index contributed by atoms with van der Waals surface area (Å²) in [6, 6.07) is 0. The molecular formula is C4H10NO. The van der Waals surface area contributed by atoms with Crippen LogP contribution in [0.15, 0.2) is 0 Å². The Morgan fingerprint density at radius 1 is 1.83 bits per heavy atom. The summed E-state index contributed by atoms with van der Waals surface area (Å²) in [5.74, 6) is 0. The van der Waals surface area contributed by atoms with Crippen LogP contribution in [0.5, 0.6) is 0 Å². The second kappa shape index (κ2) is 4.92. The van der Waals surface area contributed by atoms with Crippen LogP contribution in [0, 0.1) is 6.54 Å². The Kier molecular flexibility index (Phi) is 4.85. The maximum absolute atomic E-state index is 4.68. The predicted molar refractivity (Wildman–Crippen MR) is 24.7 cm³/mol. The number of rotatable bonds is 3. The summed E-state index contributed by atoms with van der Waals surface area (Å²) in [7, 11) is 0. The van der Waals surface area contributed by atoms with Crippen molar-refractivity contribution in [1.82, 2.24) is 5.48 Å². The highest BCUT2D eigenvalue weighted by molar-refractivity contribution is 4.36. The van der Waals surface area contributed by atoms with Gasteiger partial charge in [0.1, 0.15) is 0 Å². The Labute approximate surface area is 38.5 Å². The average Bonchev–Trinajstić information content (AvgIpc) is 1.61. The maximum Gasteiger partial charge on any atom is 0.0654 e. The molecule has 1 radical (unpaired) electrons. The van der Waals surface area contributed by atoms with E-state index in [1.54, 1.807) is 6.54 Å². The minimum absolute atomic E-state index is 0.713. The minimum Gasteiger partial charge on any atom is -0.302 e. The van der Waals surface area contributed by atoms with Gasteiger partial charge in [0, 0.05) is 6.54 Å². The molecule has 6 heavy (non-hydrogen) atoms. The molecule has 0 aromatic heterocycles. The first kappa shape index (κ1) is 5.92. The van der Waals surface area contributed by atoms with Gasteiger partial charge in [-0.3, -0.25) is 0 Å². The van der Waals surface area contributed by atoms with Crippen molar-refractivity contribution in [1.29, 1.82) is 0 Å². The molecule has 0 saturated heterocycles. The highest BCUT2D eigenvalue weighted by Crippen LogP contribution is 1.63. The molecule has 0 atom stereocenters. The largest absolute Gasteiger partial charge is 0.302 e. The summed E-state index contributed by atoms with van der Waals surface area (Å²) in [5.41, 5.74) is 2.57. The van der Waals surface area contributed by atoms with Gasteiger partial charge in [-0.25, -0.2) is 0 Å². The van der Waals surface area contributed by atoms with Crippen LogP contribution in [0.2, 0.25) is 0 Å². The van der Waals surface area contributed by atoms with Crippen LogP contribution >= 0.6 is 0 Å². The normalized spacial score (nSPS) is 9.00. The molecule has 0 aliphatic heterocycles. The molecule has 2 heteroatoms. The van der Waals surface area contributed by atoms with Crippen LogP contribution in [-0.2, 0) is 4.84 Å². The van der Waals surface area contributed by atoms with Gasteiger partial charge in [0.2, 0.25) is 0 Å². The Bertz CT molecular complexity index is 19.5. The molecule has 0 amide bonds. The zero-order valence-electron chi connectivity index (χ0n) is 4.19. The first-order chi connectivity index (χ1) is 2.91. The van der Waals surface area contributed by atoms with Crippen molar-refractivity contribution < 1.29 is 4.84 Å². The van der Waals surface area contributed by atoms with E-state index in [2.05, 4.69) is 10.3 Å². The van der Waals surface area contributed by atoms with Crippen LogP contribution in [0.1, 0.15) is 13.8 Å². The SMILES string of the molecule is C[CH]NOCC. The third kappa shape index (κ3) is 3.92. The summed E-state index contributed by atoms with van der Waals surface area (Å²) in [5, 5.41) is 0. The third-order valence-electron chi connectivity index (χ3n) is 0.346. The molecule has 0 aliphatic rings. The first-order valence-electron chi connectivity index (χ1n) is 2.07. The van der Waals surface area contributed by atoms with Crippen molar-refractivity contribution in [2.75, 3.05) is 6.61 Å². The van der Waals surface area contributed by atoms with Gasteiger partial charge < -0.3 is 4.84 Å².